The summed E-state index contributed by atoms with van der Waals surface area (Å²) >= 11 is 0. The van der Waals surface area contributed by atoms with Gasteiger partial charge in [0.1, 0.15) is 12.9 Å². The van der Waals surface area contributed by atoms with E-state index >= 15 is 0 Å². The molecule has 1 aromatic rings. The van der Waals surface area contributed by atoms with Crippen LogP contribution < -0.4 is 0 Å². The highest BCUT2D eigenvalue weighted by atomic mass is 16.5. The molecule has 0 saturated carbocycles. The van der Waals surface area contributed by atoms with Crippen LogP contribution in [0.2, 0.25) is 0 Å². The van der Waals surface area contributed by atoms with Crippen molar-refractivity contribution in [3.8, 4) is 0 Å². The number of furan rings is 1. The summed E-state index contributed by atoms with van der Waals surface area (Å²) in [6.07, 6.45) is 5.07. The second-order valence-corrected chi connectivity index (χ2v) is 7.07. The summed E-state index contributed by atoms with van der Waals surface area (Å²) in [5.74, 6) is 0.0220. The van der Waals surface area contributed by atoms with E-state index in [0.717, 1.165) is 6.42 Å². The van der Waals surface area contributed by atoms with E-state index in [1.165, 1.54) is 19.6 Å². The number of methoxy groups -OCH3 is 1. The van der Waals surface area contributed by atoms with Crippen LogP contribution in [0.4, 0.5) is 0 Å². The Morgan fingerprint density at radius 2 is 1.74 bits per heavy atom. The van der Waals surface area contributed by atoms with Crippen molar-refractivity contribution in [3.05, 3.63) is 24.2 Å². The Labute approximate surface area is 159 Å². The van der Waals surface area contributed by atoms with Gasteiger partial charge in [-0.2, -0.15) is 0 Å². The third-order valence-electron chi connectivity index (χ3n) is 5.33. The normalized spacial score (nSPS) is 19.1. The molecule has 0 atom stereocenters. The summed E-state index contributed by atoms with van der Waals surface area (Å²) in [5.41, 5.74) is 0.544. The lowest BCUT2D eigenvalue weighted by Crippen LogP contribution is -2.46. The van der Waals surface area contributed by atoms with Gasteiger partial charge in [-0.1, -0.05) is 0 Å². The lowest BCUT2D eigenvalue weighted by Gasteiger charge is -2.34. The van der Waals surface area contributed by atoms with E-state index < -0.39 is 0 Å². The van der Waals surface area contributed by atoms with E-state index in [1.807, 2.05) is 4.90 Å². The Hall–Kier alpha value is -2.35. The molecule has 2 fully saturated rings. The van der Waals surface area contributed by atoms with Crippen LogP contribution in [-0.2, 0) is 14.3 Å². The van der Waals surface area contributed by atoms with Crippen LogP contribution in [0.1, 0.15) is 29.6 Å². The minimum atomic E-state index is -0.0528. The van der Waals surface area contributed by atoms with E-state index in [9.17, 15) is 14.4 Å². The zero-order valence-electron chi connectivity index (χ0n) is 15.8. The fraction of sp³-hybridized carbons (Fsp3) is 0.632. The maximum atomic E-state index is 12.9. The molecule has 0 aromatic carbocycles. The van der Waals surface area contributed by atoms with Gasteiger partial charge in [0.25, 0.3) is 5.91 Å². The number of amides is 3. The summed E-state index contributed by atoms with van der Waals surface area (Å²) in [6, 6.07) is 1.66. The van der Waals surface area contributed by atoms with Crippen molar-refractivity contribution >= 4 is 17.7 Å². The van der Waals surface area contributed by atoms with Crippen molar-refractivity contribution in [2.45, 2.75) is 19.3 Å². The molecule has 0 N–H and O–H groups in total. The summed E-state index contributed by atoms with van der Waals surface area (Å²) in [6.45, 7) is 3.65. The molecule has 0 radical (unpaired) electrons. The summed E-state index contributed by atoms with van der Waals surface area (Å²) < 4.78 is 9.88. The van der Waals surface area contributed by atoms with Crippen LogP contribution in [0, 0.1) is 5.92 Å². The molecule has 27 heavy (non-hydrogen) atoms. The van der Waals surface area contributed by atoms with Gasteiger partial charge in [0.05, 0.1) is 11.8 Å². The number of hydrogen-bond acceptors (Lipinski definition) is 5. The molecule has 8 nitrogen and oxygen atoms in total. The van der Waals surface area contributed by atoms with Crippen LogP contribution in [0.3, 0.4) is 0 Å². The van der Waals surface area contributed by atoms with Gasteiger partial charge in [-0.15, -0.1) is 0 Å². The average molecular weight is 377 g/mol. The number of hydrogen-bond donors (Lipinski definition) is 0. The summed E-state index contributed by atoms with van der Waals surface area (Å²) in [4.78, 5) is 42.7. The zero-order valence-corrected chi connectivity index (χ0v) is 15.8. The Kier molecular flexibility index (Phi) is 6.49. The number of nitrogens with zero attached hydrogens (tertiary/aromatic N) is 3. The van der Waals surface area contributed by atoms with Gasteiger partial charge in [-0.25, -0.2) is 0 Å². The van der Waals surface area contributed by atoms with Crippen LogP contribution in [0.5, 0.6) is 0 Å². The maximum absolute atomic E-state index is 12.9. The molecule has 2 aliphatic rings. The maximum Gasteiger partial charge on any atom is 0.257 e. The molecule has 0 aliphatic carbocycles. The van der Waals surface area contributed by atoms with E-state index in [4.69, 9.17) is 9.15 Å². The molecule has 0 unspecified atom stereocenters. The number of piperidine rings is 1. The van der Waals surface area contributed by atoms with Crippen molar-refractivity contribution in [1.29, 1.82) is 0 Å². The largest absolute Gasteiger partial charge is 0.472 e. The molecule has 0 bridgehead atoms. The van der Waals surface area contributed by atoms with Gasteiger partial charge in [0, 0.05) is 52.3 Å². The fourth-order valence-corrected chi connectivity index (χ4v) is 3.76. The molecule has 3 amide bonds. The van der Waals surface area contributed by atoms with Crippen molar-refractivity contribution in [3.63, 3.8) is 0 Å². The lowest BCUT2D eigenvalue weighted by molar-refractivity contribution is -0.142. The van der Waals surface area contributed by atoms with E-state index in [2.05, 4.69) is 0 Å². The third-order valence-corrected chi connectivity index (χ3v) is 5.33. The van der Waals surface area contributed by atoms with Crippen molar-refractivity contribution in [1.82, 2.24) is 14.7 Å². The smallest absolute Gasteiger partial charge is 0.257 e. The topological polar surface area (TPSA) is 83.3 Å². The van der Waals surface area contributed by atoms with E-state index in [1.54, 1.807) is 15.9 Å². The first kappa shape index (κ1) is 19.4. The average Bonchev–Trinajstić information content (AvgIpc) is 3.12. The Balaban J connectivity index is 1.50. The SMILES string of the molecule is COCC(=O)N1CCC(C(=O)N2CCCN(C(=O)c3ccoc3)CC2)CC1. The van der Waals surface area contributed by atoms with Crippen LogP contribution in [0.15, 0.2) is 23.0 Å². The summed E-state index contributed by atoms with van der Waals surface area (Å²) in [7, 11) is 1.51. The van der Waals surface area contributed by atoms with Gasteiger partial charge in [-0.3, -0.25) is 14.4 Å². The zero-order chi connectivity index (χ0) is 19.2. The van der Waals surface area contributed by atoms with E-state index in [0.29, 0.717) is 57.7 Å². The predicted molar refractivity (Wildman–Crippen MR) is 97.0 cm³/mol. The third kappa shape index (κ3) is 4.68. The first-order valence-electron chi connectivity index (χ1n) is 9.47. The van der Waals surface area contributed by atoms with Gasteiger partial charge in [0.15, 0.2) is 0 Å². The van der Waals surface area contributed by atoms with Crippen molar-refractivity contribution < 1.29 is 23.5 Å². The Morgan fingerprint density at radius 3 is 2.41 bits per heavy atom. The van der Waals surface area contributed by atoms with Gasteiger partial charge >= 0.3 is 0 Å². The highest BCUT2D eigenvalue weighted by Gasteiger charge is 2.31. The number of carbonyl (C=O) groups is 3. The molecule has 2 aliphatic heterocycles. The monoisotopic (exact) mass is 377 g/mol. The molecule has 2 saturated heterocycles. The lowest BCUT2D eigenvalue weighted by atomic mass is 9.95. The predicted octanol–water partition coefficient (Wildman–Crippen LogP) is 0.839. The van der Waals surface area contributed by atoms with Crippen LogP contribution in [-0.4, -0.2) is 85.4 Å². The number of rotatable bonds is 4. The first-order chi connectivity index (χ1) is 13.1. The number of ether oxygens (including phenoxy) is 1. The van der Waals surface area contributed by atoms with Gasteiger partial charge in [0.2, 0.25) is 11.8 Å². The molecule has 0 spiro atoms. The molecular formula is C19H27N3O5. The Bertz CT molecular complexity index is 652. The molecular weight excluding hydrogens is 350 g/mol. The minimum absolute atomic E-state index is 0.0217. The number of carbonyl (C=O) groups excluding carboxylic acids is 3. The standard InChI is InChI=1S/C19H27N3O5/c1-26-14-17(23)20-8-3-15(4-9-20)18(24)21-6-2-7-22(11-10-21)19(25)16-5-12-27-13-16/h5,12-13,15H,2-4,6-11,14H2,1H3. The molecule has 3 rings (SSSR count). The molecule has 148 valence electrons. The fourth-order valence-electron chi connectivity index (χ4n) is 3.76. The van der Waals surface area contributed by atoms with Crippen LogP contribution in [0.25, 0.3) is 0 Å². The molecule has 3 heterocycles. The Morgan fingerprint density at radius 1 is 1.04 bits per heavy atom. The second-order valence-electron chi connectivity index (χ2n) is 7.07. The van der Waals surface area contributed by atoms with Crippen molar-refractivity contribution in [2.75, 3.05) is 53.0 Å². The summed E-state index contributed by atoms with van der Waals surface area (Å²) in [5, 5.41) is 0. The first-order valence-corrected chi connectivity index (χ1v) is 9.47. The van der Waals surface area contributed by atoms with Crippen molar-refractivity contribution in [2.24, 2.45) is 5.92 Å². The van der Waals surface area contributed by atoms with Crippen LogP contribution >= 0.6 is 0 Å². The molecule has 8 heteroatoms. The highest BCUT2D eigenvalue weighted by Crippen LogP contribution is 2.21. The second kappa shape index (κ2) is 9.03. The highest BCUT2D eigenvalue weighted by molar-refractivity contribution is 5.93. The molecule has 1 aromatic heterocycles. The minimum Gasteiger partial charge on any atom is -0.472 e. The van der Waals surface area contributed by atoms with Gasteiger partial charge < -0.3 is 23.9 Å². The van der Waals surface area contributed by atoms with Gasteiger partial charge in [-0.05, 0) is 25.3 Å². The van der Waals surface area contributed by atoms with E-state index in [-0.39, 0.29) is 30.2 Å². The number of likely N-dealkylation sites (tertiary alicyclic amines) is 1. The quantitative estimate of drug-likeness (QED) is 0.776.